The molecule has 0 fully saturated rings. The fraction of sp³-hybridized carbons (Fsp3) is 0.143. The molecule has 2 aromatic rings. The van der Waals surface area contributed by atoms with Crippen molar-refractivity contribution in [3.05, 3.63) is 63.9 Å². The summed E-state index contributed by atoms with van der Waals surface area (Å²) in [5.74, 6) is 0.104. The van der Waals surface area contributed by atoms with Gasteiger partial charge in [-0.1, -0.05) is 35.3 Å². The number of rotatable bonds is 4. The Morgan fingerprint density at radius 1 is 1.17 bits per heavy atom. The van der Waals surface area contributed by atoms with Crippen molar-refractivity contribution in [3.63, 3.8) is 0 Å². The topological polar surface area (TPSA) is 30.0 Å². The lowest BCUT2D eigenvalue weighted by molar-refractivity contribution is -0.117. The first kappa shape index (κ1) is 13.1. The summed E-state index contributed by atoms with van der Waals surface area (Å²) < 4.78 is 0. The van der Waals surface area contributed by atoms with Crippen LogP contribution in [0.2, 0.25) is 10.0 Å². The molecule has 18 heavy (non-hydrogen) atoms. The van der Waals surface area contributed by atoms with Crippen molar-refractivity contribution in [3.8, 4) is 0 Å². The van der Waals surface area contributed by atoms with Gasteiger partial charge in [-0.25, -0.2) is 0 Å². The summed E-state index contributed by atoms with van der Waals surface area (Å²) in [7, 11) is 0. The van der Waals surface area contributed by atoms with Crippen molar-refractivity contribution >= 4 is 29.0 Å². The Kier molecular flexibility index (Phi) is 4.34. The molecule has 0 atom stereocenters. The third-order valence-corrected chi connectivity index (χ3v) is 3.11. The second kappa shape index (κ2) is 5.98. The summed E-state index contributed by atoms with van der Waals surface area (Å²) in [6.07, 6.45) is 4.06. The van der Waals surface area contributed by atoms with Crippen LogP contribution in [-0.4, -0.2) is 10.8 Å². The van der Waals surface area contributed by atoms with Crippen LogP contribution in [-0.2, 0) is 17.6 Å². The number of Topliss-reactive ketones (excluding diaryl/α,β-unsaturated/α-hetero) is 1. The molecular formula is C14H11Cl2NO. The van der Waals surface area contributed by atoms with Gasteiger partial charge in [-0.3, -0.25) is 9.78 Å². The van der Waals surface area contributed by atoms with E-state index in [1.54, 1.807) is 30.6 Å². The van der Waals surface area contributed by atoms with Gasteiger partial charge >= 0.3 is 0 Å². The highest BCUT2D eigenvalue weighted by Gasteiger charge is 2.08. The zero-order valence-corrected chi connectivity index (χ0v) is 11.1. The number of halogens is 2. The molecule has 0 spiro atoms. The smallest absolute Gasteiger partial charge is 0.141 e. The fourth-order valence-corrected chi connectivity index (χ4v) is 2.15. The highest BCUT2D eigenvalue weighted by Crippen LogP contribution is 2.21. The molecule has 0 radical (unpaired) electrons. The van der Waals surface area contributed by atoms with Crippen LogP contribution in [0, 0.1) is 0 Å². The summed E-state index contributed by atoms with van der Waals surface area (Å²) in [4.78, 5) is 15.9. The Balaban J connectivity index is 2.03. The monoisotopic (exact) mass is 279 g/mol. The number of nitrogens with zero attached hydrogens (tertiary/aromatic N) is 1. The minimum atomic E-state index is 0.104. The maximum absolute atomic E-state index is 11.9. The first-order valence-corrected chi connectivity index (χ1v) is 6.25. The van der Waals surface area contributed by atoms with Gasteiger partial charge in [0.15, 0.2) is 0 Å². The number of aromatic nitrogens is 1. The van der Waals surface area contributed by atoms with Gasteiger partial charge in [0.25, 0.3) is 0 Å². The van der Waals surface area contributed by atoms with E-state index in [1.165, 1.54) is 0 Å². The van der Waals surface area contributed by atoms with Crippen molar-refractivity contribution in [2.45, 2.75) is 12.8 Å². The van der Waals surface area contributed by atoms with Gasteiger partial charge in [-0.2, -0.15) is 0 Å². The lowest BCUT2D eigenvalue weighted by atomic mass is 10.0. The van der Waals surface area contributed by atoms with Crippen molar-refractivity contribution in [1.82, 2.24) is 4.98 Å². The van der Waals surface area contributed by atoms with Crippen LogP contribution in [0.5, 0.6) is 0 Å². The third kappa shape index (κ3) is 3.56. The zero-order valence-electron chi connectivity index (χ0n) is 9.57. The van der Waals surface area contributed by atoms with Crippen LogP contribution in [0.1, 0.15) is 11.1 Å². The minimum absolute atomic E-state index is 0.104. The minimum Gasteiger partial charge on any atom is -0.299 e. The largest absolute Gasteiger partial charge is 0.299 e. The van der Waals surface area contributed by atoms with Gasteiger partial charge in [0.1, 0.15) is 5.78 Å². The average Bonchev–Trinajstić information content (AvgIpc) is 2.34. The van der Waals surface area contributed by atoms with E-state index >= 15 is 0 Å². The first-order valence-electron chi connectivity index (χ1n) is 5.49. The molecule has 2 rings (SSSR count). The quantitative estimate of drug-likeness (QED) is 0.853. The molecule has 0 aliphatic heterocycles. The van der Waals surface area contributed by atoms with Crippen LogP contribution >= 0.6 is 23.2 Å². The molecule has 0 bridgehead atoms. The molecule has 2 nitrogen and oxygen atoms in total. The summed E-state index contributed by atoms with van der Waals surface area (Å²) >= 11 is 11.8. The van der Waals surface area contributed by atoms with Gasteiger partial charge in [0, 0.05) is 35.3 Å². The first-order chi connectivity index (χ1) is 8.65. The molecule has 0 saturated heterocycles. The predicted molar refractivity (Wildman–Crippen MR) is 73.1 cm³/mol. The van der Waals surface area contributed by atoms with E-state index in [0.717, 1.165) is 11.1 Å². The summed E-state index contributed by atoms with van der Waals surface area (Å²) in [6.45, 7) is 0. The molecule has 1 heterocycles. The molecule has 0 aliphatic carbocycles. The van der Waals surface area contributed by atoms with E-state index in [9.17, 15) is 4.79 Å². The van der Waals surface area contributed by atoms with E-state index in [4.69, 9.17) is 23.2 Å². The maximum Gasteiger partial charge on any atom is 0.141 e. The van der Waals surface area contributed by atoms with Crippen LogP contribution in [0.3, 0.4) is 0 Å². The summed E-state index contributed by atoms with van der Waals surface area (Å²) in [6, 6.07) is 8.87. The van der Waals surface area contributed by atoms with E-state index < -0.39 is 0 Å². The highest BCUT2D eigenvalue weighted by molar-refractivity contribution is 6.35. The number of hydrogen-bond donors (Lipinski definition) is 0. The fourth-order valence-electron chi connectivity index (χ4n) is 1.67. The van der Waals surface area contributed by atoms with Crippen LogP contribution in [0.15, 0.2) is 42.7 Å². The number of ketones is 1. The average molecular weight is 280 g/mol. The van der Waals surface area contributed by atoms with Crippen molar-refractivity contribution in [2.24, 2.45) is 0 Å². The van der Waals surface area contributed by atoms with Crippen molar-refractivity contribution < 1.29 is 4.79 Å². The molecule has 0 amide bonds. The number of benzene rings is 1. The Bertz CT molecular complexity index is 555. The van der Waals surface area contributed by atoms with Gasteiger partial charge in [0.2, 0.25) is 0 Å². The van der Waals surface area contributed by atoms with Crippen LogP contribution in [0.4, 0.5) is 0 Å². The SMILES string of the molecule is O=C(Cc1cccnc1)Cc1ccc(Cl)cc1Cl. The zero-order chi connectivity index (χ0) is 13.0. The number of carbonyl (C=O) groups is 1. The van der Waals surface area contributed by atoms with Crippen LogP contribution < -0.4 is 0 Å². The third-order valence-electron chi connectivity index (χ3n) is 2.53. The van der Waals surface area contributed by atoms with Gasteiger partial charge in [-0.15, -0.1) is 0 Å². The normalized spacial score (nSPS) is 10.3. The van der Waals surface area contributed by atoms with Crippen molar-refractivity contribution in [1.29, 1.82) is 0 Å². The molecule has 0 saturated carbocycles. The van der Waals surface area contributed by atoms with E-state index in [0.29, 0.717) is 22.9 Å². The second-order valence-electron chi connectivity index (χ2n) is 3.99. The van der Waals surface area contributed by atoms with E-state index in [2.05, 4.69) is 4.98 Å². The number of pyridine rings is 1. The Morgan fingerprint density at radius 3 is 2.67 bits per heavy atom. The number of hydrogen-bond acceptors (Lipinski definition) is 2. The molecule has 0 unspecified atom stereocenters. The molecule has 1 aromatic heterocycles. The lowest BCUT2D eigenvalue weighted by Crippen LogP contribution is -2.07. The molecule has 92 valence electrons. The summed E-state index contributed by atoms with van der Waals surface area (Å²) in [5.41, 5.74) is 1.71. The molecule has 0 aliphatic rings. The second-order valence-corrected chi connectivity index (χ2v) is 4.83. The predicted octanol–water partition coefficient (Wildman–Crippen LogP) is 3.74. The maximum atomic E-state index is 11.9. The summed E-state index contributed by atoms with van der Waals surface area (Å²) in [5, 5.41) is 1.10. The molecule has 1 aromatic carbocycles. The highest BCUT2D eigenvalue weighted by atomic mass is 35.5. The van der Waals surface area contributed by atoms with Crippen molar-refractivity contribution in [2.75, 3.05) is 0 Å². The molecule has 4 heteroatoms. The van der Waals surface area contributed by atoms with Gasteiger partial charge in [-0.05, 0) is 29.3 Å². The van der Waals surface area contributed by atoms with E-state index in [1.807, 2.05) is 12.1 Å². The van der Waals surface area contributed by atoms with Gasteiger partial charge < -0.3 is 0 Å². The Hall–Kier alpha value is -1.38. The van der Waals surface area contributed by atoms with Gasteiger partial charge in [0.05, 0.1) is 0 Å². The number of carbonyl (C=O) groups excluding carboxylic acids is 1. The van der Waals surface area contributed by atoms with Crippen LogP contribution in [0.25, 0.3) is 0 Å². The standard InChI is InChI=1S/C14H11Cl2NO/c15-12-4-3-11(14(16)8-12)7-13(18)6-10-2-1-5-17-9-10/h1-5,8-9H,6-7H2. The Morgan fingerprint density at radius 2 is 2.00 bits per heavy atom. The molecule has 0 N–H and O–H groups in total. The Labute approximate surface area is 116 Å². The van der Waals surface area contributed by atoms with E-state index in [-0.39, 0.29) is 5.78 Å². The molecular weight excluding hydrogens is 269 g/mol. The lowest BCUT2D eigenvalue weighted by Gasteiger charge is -2.04.